The molecule has 1 unspecified atom stereocenters. The number of hydrogen-bond acceptors (Lipinski definition) is 7. The Bertz CT molecular complexity index is 1150. The normalized spacial score (nSPS) is 14.8. The minimum absolute atomic E-state index is 0.00522. The van der Waals surface area contributed by atoms with E-state index in [4.69, 9.17) is 9.47 Å². The van der Waals surface area contributed by atoms with Gasteiger partial charge >= 0.3 is 5.97 Å². The summed E-state index contributed by atoms with van der Waals surface area (Å²) in [4.78, 5) is 28.7. The van der Waals surface area contributed by atoms with Crippen molar-refractivity contribution in [3.05, 3.63) is 54.1 Å². The molecule has 9 nitrogen and oxygen atoms in total. The number of aryl methyl sites for hydroxylation is 1. The maximum absolute atomic E-state index is 12.7. The quantitative estimate of drug-likeness (QED) is 0.551. The lowest BCUT2D eigenvalue weighted by molar-refractivity contribution is -0.153. The van der Waals surface area contributed by atoms with E-state index < -0.39 is 34.6 Å². The Morgan fingerprint density at radius 1 is 1.09 bits per heavy atom. The zero-order valence-corrected chi connectivity index (χ0v) is 20.1. The first-order chi connectivity index (χ1) is 16.2. The van der Waals surface area contributed by atoms with Crippen LogP contribution in [0.3, 0.4) is 0 Å². The maximum Gasteiger partial charge on any atom is 0.347 e. The molecule has 2 N–H and O–H groups in total. The van der Waals surface area contributed by atoms with Crippen LogP contribution >= 0.6 is 0 Å². The summed E-state index contributed by atoms with van der Waals surface area (Å²) in [6.45, 7) is 3.53. The zero-order chi connectivity index (χ0) is 24.6. The van der Waals surface area contributed by atoms with Gasteiger partial charge < -0.3 is 14.8 Å². The van der Waals surface area contributed by atoms with Gasteiger partial charge in [0.1, 0.15) is 11.6 Å². The van der Waals surface area contributed by atoms with Crippen LogP contribution < -0.4 is 14.8 Å². The number of nitrogens with one attached hydrogen (secondary N) is 2. The van der Waals surface area contributed by atoms with E-state index in [9.17, 15) is 18.0 Å². The van der Waals surface area contributed by atoms with Gasteiger partial charge in [0.05, 0.1) is 4.90 Å². The number of amides is 1. The van der Waals surface area contributed by atoms with Crippen molar-refractivity contribution in [2.45, 2.75) is 50.5 Å². The van der Waals surface area contributed by atoms with Crippen LogP contribution in [-0.4, -0.2) is 45.4 Å². The number of esters is 1. The highest BCUT2D eigenvalue weighted by atomic mass is 32.2. The van der Waals surface area contributed by atoms with Crippen molar-refractivity contribution in [2.75, 3.05) is 18.5 Å². The average Bonchev–Trinajstić information content (AvgIpc) is 3.07. The molecule has 3 rings (SSSR count). The molecule has 182 valence electrons. The summed E-state index contributed by atoms with van der Waals surface area (Å²) in [6.07, 6.45) is 2.51. The summed E-state index contributed by atoms with van der Waals surface area (Å²) in [6, 6.07) is 13.0. The lowest BCUT2D eigenvalue weighted by atomic mass is 10.2. The van der Waals surface area contributed by atoms with Crippen molar-refractivity contribution in [3.63, 3.8) is 0 Å². The third-order valence-electron chi connectivity index (χ3n) is 5.07. The van der Waals surface area contributed by atoms with Crippen molar-refractivity contribution in [1.29, 1.82) is 0 Å². The largest absolute Gasteiger partial charge is 0.479 e. The summed E-state index contributed by atoms with van der Waals surface area (Å²) >= 11 is 0. The summed E-state index contributed by atoms with van der Waals surface area (Å²) in [5.74, 6) is -0.339. The first-order valence-electron chi connectivity index (χ1n) is 11.1. The summed E-state index contributed by atoms with van der Waals surface area (Å²) in [5.41, 5.74) is 1.32. The smallest absolute Gasteiger partial charge is 0.347 e. The van der Waals surface area contributed by atoms with E-state index in [-0.39, 0.29) is 10.6 Å². The highest BCUT2D eigenvalue weighted by Crippen LogP contribution is 2.17. The number of aliphatic imine (C=N–C) groups is 1. The maximum atomic E-state index is 12.7. The van der Waals surface area contributed by atoms with Gasteiger partial charge in [-0.1, -0.05) is 30.2 Å². The highest BCUT2D eigenvalue weighted by molar-refractivity contribution is 7.90. The zero-order valence-electron chi connectivity index (χ0n) is 19.2. The van der Waals surface area contributed by atoms with Gasteiger partial charge in [0.15, 0.2) is 12.7 Å². The summed E-state index contributed by atoms with van der Waals surface area (Å²) in [7, 11) is -3.84. The Labute approximate surface area is 199 Å². The Hall–Kier alpha value is -3.40. The summed E-state index contributed by atoms with van der Waals surface area (Å²) < 4.78 is 38.5. The molecule has 1 heterocycles. The Morgan fingerprint density at radius 3 is 2.62 bits per heavy atom. The minimum atomic E-state index is -3.84. The monoisotopic (exact) mass is 487 g/mol. The van der Waals surface area contributed by atoms with Gasteiger partial charge in [0, 0.05) is 18.7 Å². The van der Waals surface area contributed by atoms with Crippen LogP contribution in [0.15, 0.2) is 58.4 Å². The number of rotatable bonds is 8. The van der Waals surface area contributed by atoms with Crippen molar-refractivity contribution >= 4 is 33.4 Å². The molecule has 0 saturated carbocycles. The topological polar surface area (TPSA) is 123 Å². The third kappa shape index (κ3) is 7.58. The first-order valence-corrected chi connectivity index (χ1v) is 12.6. The minimum Gasteiger partial charge on any atom is -0.479 e. The summed E-state index contributed by atoms with van der Waals surface area (Å²) in [5, 5.41) is 2.54. The van der Waals surface area contributed by atoms with E-state index >= 15 is 0 Å². The molecule has 1 atom stereocenters. The molecule has 0 aliphatic carbocycles. The lowest BCUT2D eigenvalue weighted by Gasteiger charge is -2.14. The van der Waals surface area contributed by atoms with Crippen LogP contribution in [0.2, 0.25) is 0 Å². The number of sulfonamides is 1. The first kappa shape index (κ1) is 25.2. The molecule has 0 bridgehead atoms. The molecule has 0 aromatic heterocycles. The van der Waals surface area contributed by atoms with Crippen molar-refractivity contribution in [3.8, 4) is 5.75 Å². The molecule has 0 spiro atoms. The Balaban J connectivity index is 1.52. The van der Waals surface area contributed by atoms with Gasteiger partial charge in [-0.15, -0.1) is 0 Å². The van der Waals surface area contributed by atoms with Crippen LogP contribution in [0.5, 0.6) is 5.75 Å². The van der Waals surface area contributed by atoms with Crippen molar-refractivity contribution in [1.82, 2.24) is 4.72 Å². The van der Waals surface area contributed by atoms with Crippen LogP contribution in [0.4, 0.5) is 5.69 Å². The number of anilines is 1. The van der Waals surface area contributed by atoms with Crippen LogP contribution in [0.25, 0.3) is 0 Å². The molecule has 0 fully saturated rings. The van der Waals surface area contributed by atoms with Gasteiger partial charge in [-0.3, -0.25) is 14.5 Å². The molecule has 1 aliphatic heterocycles. The average molecular weight is 488 g/mol. The van der Waals surface area contributed by atoms with Crippen LogP contribution in [-0.2, 0) is 24.3 Å². The lowest BCUT2D eigenvalue weighted by Crippen LogP contribution is -2.31. The van der Waals surface area contributed by atoms with E-state index in [0.29, 0.717) is 24.6 Å². The van der Waals surface area contributed by atoms with Gasteiger partial charge in [-0.05, 0) is 57.0 Å². The number of nitrogens with zero attached hydrogens (tertiary/aromatic N) is 1. The number of ether oxygens (including phenoxy) is 2. The molecular formula is C24H29N3O6S. The Kier molecular flexibility index (Phi) is 8.64. The fraction of sp³-hybridized carbons (Fsp3) is 0.375. The second-order valence-electron chi connectivity index (χ2n) is 8.00. The van der Waals surface area contributed by atoms with Crippen LogP contribution in [0.1, 0.15) is 38.2 Å². The van der Waals surface area contributed by atoms with Gasteiger partial charge in [0.25, 0.3) is 15.9 Å². The molecule has 0 radical (unpaired) electrons. The molecule has 0 saturated heterocycles. The molecule has 1 amide bonds. The number of amidine groups is 1. The predicted octanol–water partition coefficient (Wildman–Crippen LogP) is 3.20. The second-order valence-corrected chi connectivity index (χ2v) is 9.68. The number of carbonyl (C=O) groups excluding carboxylic acids is 2. The third-order valence-corrected chi connectivity index (χ3v) is 6.44. The van der Waals surface area contributed by atoms with Crippen LogP contribution in [0, 0.1) is 6.92 Å². The fourth-order valence-corrected chi connectivity index (χ4v) is 4.37. The van der Waals surface area contributed by atoms with E-state index in [0.717, 1.165) is 24.8 Å². The molecule has 2 aromatic rings. The van der Waals surface area contributed by atoms with E-state index in [1.807, 2.05) is 19.1 Å². The molecule has 10 heteroatoms. The second kappa shape index (κ2) is 11.6. The van der Waals surface area contributed by atoms with Crippen molar-refractivity contribution < 1.29 is 27.5 Å². The van der Waals surface area contributed by atoms with E-state index in [2.05, 4.69) is 15.0 Å². The standard InChI is InChI=1S/C24H29N3O6S/c1-17-10-12-20(13-11-17)33-18(2)24(29)32-16-23(28)26-19-7-6-8-21(15-19)34(30,31)27-22-9-4-3-5-14-25-22/h6-8,10-13,15,18H,3-5,9,14,16H2,1-2H3,(H,25,27)(H,26,28). The number of carbonyl (C=O) groups is 2. The Morgan fingerprint density at radius 2 is 1.85 bits per heavy atom. The molecule has 2 aromatic carbocycles. The number of hydrogen-bond donors (Lipinski definition) is 2. The van der Waals surface area contributed by atoms with Crippen molar-refractivity contribution in [2.24, 2.45) is 4.99 Å². The molecular weight excluding hydrogens is 458 g/mol. The number of benzene rings is 2. The van der Waals surface area contributed by atoms with Gasteiger partial charge in [-0.2, -0.15) is 0 Å². The fourth-order valence-electron chi connectivity index (χ4n) is 3.23. The van der Waals surface area contributed by atoms with Gasteiger partial charge in [-0.25, -0.2) is 13.2 Å². The van der Waals surface area contributed by atoms with Gasteiger partial charge in [0.2, 0.25) is 0 Å². The SMILES string of the molecule is Cc1ccc(OC(C)C(=O)OCC(=O)Nc2cccc(S(=O)(=O)NC3=NCCCCC3)c2)cc1. The molecule has 34 heavy (non-hydrogen) atoms. The van der Waals surface area contributed by atoms with E-state index in [1.54, 1.807) is 18.2 Å². The van der Waals surface area contributed by atoms with E-state index in [1.165, 1.54) is 25.1 Å². The highest BCUT2D eigenvalue weighted by Gasteiger charge is 2.20. The predicted molar refractivity (Wildman–Crippen MR) is 128 cm³/mol. The molecule has 1 aliphatic rings.